The van der Waals surface area contributed by atoms with Gasteiger partial charge in [0.15, 0.2) is 11.8 Å². The first-order valence-electron chi connectivity index (χ1n) is 6.06. The second-order valence-corrected chi connectivity index (χ2v) is 3.84. The van der Waals surface area contributed by atoms with Gasteiger partial charge in [-0.25, -0.2) is 4.99 Å². The highest BCUT2D eigenvalue weighted by Crippen LogP contribution is 1.98. The minimum Gasteiger partial charge on any atom is -0.357 e. The molecule has 6 heteroatoms. The molecule has 6 nitrogen and oxygen atoms in total. The van der Waals surface area contributed by atoms with Crippen LogP contribution in [0.5, 0.6) is 0 Å². The van der Waals surface area contributed by atoms with Crippen LogP contribution in [0.2, 0.25) is 0 Å². The van der Waals surface area contributed by atoms with Gasteiger partial charge >= 0.3 is 0 Å². The standard InChI is InChI=1S/C11H22N6/c1-5-7-13-11(12-6-2)14-8-10-16-15-9(3)17(10)4/h5-8H2,1-4H3,(H2,12,13,14). The maximum Gasteiger partial charge on any atom is 0.191 e. The van der Waals surface area contributed by atoms with Crippen molar-refractivity contribution in [3.63, 3.8) is 0 Å². The quantitative estimate of drug-likeness (QED) is 0.582. The second-order valence-electron chi connectivity index (χ2n) is 3.84. The smallest absolute Gasteiger partial charge is 0.191 e. The van der Waals surface area contributed by atoms with Crippen molar-refractivity contribution < 1.29 is 0 Å². The van der Waals surface area contributed by atoms with E-state index in [1.54, 1.807) is 0 Å². The summed E-state index contributed by atoms with van der Waals surface area (Å²) in [5, 5.41) is 14.5. The minimum absolute atomic E-state index is 0.538. The van der Waals surface area contributed by atoms with Gasteiger partial charge < -0.3 is 15.2 Å². The lowest BCUT2D eigenvalue weighted by Crippen LogP contribution is -2.37. The van der Waals surface area contributed by atoms with Crippen molar-refractivity contribution in [2.45, 2.75) is 33.7 Å². The van der Waals surface area contributed by atoms with Gasteiger partial charge in [0.2, 0.25) is 0 Å². The average molecular weight is 238 g/mol. The largest absolute Gasteiger partial charge is 0.357 e. The lowest BCUT2D eigenvalue weighted by atomic mass is 10.5. The van der Waals surface area contributed by atoms with Gasteiger partial charge in [0.1, 0.15) is 12.4 Å². The normalized spacial score (nSPS) is 11.6. The van der Waals surface area contributed by atoms with Gasteiger partial charge in [-0.05, 0) is 20.3 Å². The molecule has 2 N–H and O–H groups in total. The molecule has 0 saturated carbocycles. The number of nitrogens with one attached hydrogen (secondary N) is 2. The van der Waals surface area contributed by atoms with Gasteiger partial charge in [-0.15, -0.1) is 10.2 Å². The van der Waals surface area contributed by atoms with E-state index in [4.69, 9.17) is 0 Å². The highest BCUT2D eigenvalue weighted by atomic mass is 15.3. The van der Waals surface area contributed by atoms with Gasteiger partial charge in [-0.3, -0.25) is 0 Å². The van der Waals surface area contributed by atoms with Crippen LogP contribution >= 0.6 is 0 Å². The predicted octanol–water partition coefficient (Wildman–Crippen LogP) is 0.589. The summed E-state index contributed by atoms with van der Waals surface area (Å²) in [6, 6.07) is 0. The summed E-state index contributed by atoms with van der Waals surface area (Å²) < 4.78 is 1.95. The van der Waals surface area contributed by atoms with E-state index in [1.807, 2.05) is 18.5 Å². The zero-order valence-electron chi connectivity index (χ0n) is 11.1. The minimum atomic E-state index is 0.538. The third kappa shape index (κ3) is 4.05. The van der Waals surface area contributed by atoms with Crippen molar-refractivity contribution in [3.8, 4) is 0 Å². The van der Waals surface area contributed by atoms with E-state index in [9.17, 15) is 0 Å². The molecule has 0 aliphatic carbocycles. The molecule has 0 radical (unpaired) electrons. The molecule has 0 bridgehead atoms. The number of aliphatic imine (C=N–C) groups is 1. The van der Waals surface area contributed by atoms with Crippen LogP contribution in [0.1, 0.15) is 31.9 Å². The Morgan fingerprint density at radius 1 is 1.29 bits per heavy atom. The summed E-state index contributed by atoms with van der Waals surface area (Å²) in [6.45, 7) is 8.42. The highest BCUT2D eigenvalue weighted by molar-refractivity contribution is 5.79. The summed E-state index contributed by atoms with van der Waals surface area (Å²) in [6.07, 6.45) is 1.08. The molecule has 0 aromatic carbocycles. The highest BCUT2D eigenvalue weighted by Gasteiger charge is 2.04. The fraction of sp³-hybridized carbons (Fsp3) is 0.727. The van der Waals surface area contributed by atoms with Gasteiger partial charge in [0.05, 0.1) is 0 Å². The van der Waals surface area contributed by atoms with Crippen LogP contribution in [0.3, 0.4) is 0 Å². The van der Waals surface area contributed by atoms with E-state index in [0.717, 1.165) is 37.1 Å². The average Bonchev–Trinajstić information content (AvgIpc) is 2.64. The SMILES string of the molecule is CCCNC(=NCc1nnc(C)n1C)NCC. The summed E-state index contributed by atoms with van der Waals surface area (Å²) in [7, 11) is 1.95. The molecule has 0 unspecified atom stereocenters. The third-order valence-corrected chi connectivity index (χ3v) is 2.45. The summed E-state index contributed by atoms with van der Waals surface area (Å²) in [5.74, 6) is 2.60. The predicted molar refractivity (Wildman–Crippen MR) is 68.8 cm³/mol. The number of aryl methyl sites for hydroxylation is 1. The zero-order chi connectivity index (χ0) is 12.7. The molecule has 0 aliphatic heterocycles. The van der Waals surface area contributed by atoms with Crippen molar-refractivity contribution in [2.24, 2.45) is 12.0 Å². The first-order chi connectivity index (χ1) is 8.19. The Labute approximate surface area is 103 Å². The zero-order valence-corrected chi connectivity index (χ0v) is 11.1. The van der Waals surface area contributed by atoms with Gasteiger partial charge in [0, 0.05) is 20.1 Å². The molecule has 0 fully saturated rings. The molecule has 1 heterocycles. The molecule has 1 aromatic rings. The Morgan fingerprint density at radius 2 is 2.06 bits per heavy atom. The van der Waals surface area contributed by atoms with E-state index in [1.165, 1.54) is 0 Å². The first kappa shape index (κ1) is 13.5. The number of guanidine groups is 1. The number of hydrogen-bond acceptors (Lipinski definition) is 3. The lowest BCUT2D eigenvalue weighted by molar-refractivity contribution is 0.749. The number of rotatable bonds is 5. The molecule has 0 spiro atoms. The fourth-order valence-electron chi connectivity index (χ4n) is 1.32. The van der Waals surface area contributed by atoms with E-state index < -0.39 is 0 Å². The van der Waals surface area contributed by atoms with E-state index in [2.05, 4.69) is 39.7 Å². The van der Waals surface area contributed by atoms with Crippen LogP contribution < -0.4 is 10.6 Å². The van der Waals surface area contributed by atoms with Crippen LogP contribution in [0.25, 0.3) is 0 Å². The molecule has 17 heavy (non-hydrogen) atoms. The van der Waals surface area contributed by atoms with Crippen LogP contribution in [0.4, 0.5) is 0 Å². The summed E-state index contributed by atoms with van der Waals surface area (Å²) >= 11 is 0. The third-order valence-electron chi connectivity index (χ3n) is 2.45. The Bertz CT molecular complexity index is 368. The van der Waals surface area contributed by atoms with Gasteiger partial charge in [0.25, 0.3) is 0 Å². The molecule has 0 saturated heterocycles. The molecule has 1 rings (SSSR count). The Kier molecular flexibility index (Phi) is 5.45. The number of hydrogen-bond donors (Lipinski definition) is 2. The number of nitrogens with zero attached hydrogens (tertiary/aromatic N) is 4. The molecular formula is C11H22N6. The van der Waals surface area contributed by atoms with E-state index in [0.29, 0.717) is 6.54 Å². The van der Waals surface area contributed by atoms with Crippen LogP contribution in [-0.4, -0.2) is 33.8 Å². The van der Waals surface area contributed by atoms with Crippen molar-refractivity contribution in [1.82, 2.24) is 25.4 Å². The monoisotopic (exact) mass is 238 g/mol. The molecule has 0 aliphatic rings. The molecule has 1 aromatic heterocycles. The van der Waals surface area contributed by atoms with Crippen LogP contribution in [0.15, 0.2) is 4.99 Å². The molecule has 0 amide bonds. The maximum atomic E-state index is 4.47. The molecule has 96 valence electrons. The second kappa shape index (κ2) is 6.88. The molecular weight excluding hydrogens is 216 g/mol. The molecule has 0 atom stereocenters. The van der Waals surface area contributed by atoms with E-state index >= 15 is 0 Å². The van der Waals surface area contributed by atoms with Crippen molar-refractivity contribution in [2.75, 3.05) is 13.1 Å². The summed E-state index contributed by atoms with van der Waals surface area (Å²) in [4.78, 5) is 4.47. The maximum absolute atomic E-state index is 4.47. The Morgan fingerprint density at radius 3 is 2.59 bits per heavy atom. The Hall–Kier alpha value is -1.59. The Balaban J connectivity index is 2.61. The van der Waals surface area contributed by atoms with E-state index in [-0.39, 0.29) is 0 Å². The topological polar surface area (TPSA) is 67.1 Å². The van der Waals surface area contributed by atoms with Gasteiger partial charge in [-0.2, -0.15) is 0 Å². The first-order valence-corrected chi connectivity index (χ1v) is 6.06. The van der Waals surface area contributed by atoms with Crippen molar-refractivity contribution >= 4 is 5.96 Å². The van der Waals surface area contributed by atoms with Crippen molar-refractivity contribution in [3.05, 3.63) is 11.6 Å². The number of aromatic nitrogens is 3. The van der Waals surface area contributed by atoms with Crippen molar-refractivity contribution in [1.29, 1.82) is 0 Å². The fourth-order valence-corrected chi connectivity index (χ4v) is 1.32. The van der Waals surface area contributed by atoms with Crippen LogP contribution in [0, 0.1) is 6.92 Å². The van der Waals surface area contributed by atoms with Crippen LogP contribution in [-0.2, 0) is 13.6 Å². The van der Waals surface area contributed by atoms with Gasteiger partial charge in [-0.1, -0.05) is 6.92 Å². The lowest BCUT2D eigenvalue weighted by Gasteiger charge is -2.09. The summed E-state index contributed by atoms with van der Waals surface area (Å²) in [5.41, 5.74) is 0.